The number of benzene rings is 6. The molecule has 25 nitrogen and oxygen atoms in total. The van der Waals surface area contributed by atoms with Crippen LogP contribution in [0.3, 0.4) is 0 Å². The smallest absolute Gasteiger partial charge is 0.250 e. The van der Waals surface area contributed by atoms with Crippen LogP contribution in [-0.2, 0) is 78.7 Å². The minimum Gasteiger partial charge on any atom is -0.508 e. The second kappa shape index (κ2) is 44.8. The van der Waals surface area contributed by atoms with Gasteiger partial charge in [0.25, 0.3) is 17.7 Å². The van der Waals surface area contributed by atoms with Crippen molar-refractivity contribution < 1.29 is 63.6 Å². The molecule has 3 aromatic heterocycles. The lowest BCUT2D eigenvalue weighted by atomic mass is 9.87. The number of hydrogen-bond acceptors (Lipinski definition) is 16. The van der Waals surface area contributed by atoms with E-state index in [0.29, 0.717) is 91.9 Å². The molecule has 10 atom stereocenters. The van der Waals surface area contributed by atoms with Gasteiger partial charge in [0.1, 0.15) is 42.0 Å². The number of phenols is 1. The molecule has 6 aromatic carbocycles. The molecule has 7 N–H and O–H groups in total. The number of likely N-dealkylation sites (tertiary alicyclic amines) is 3. The Labute approximate surface area is 763 Å². The number of hydrogen-bond donors (Lipinski definition) is 7. The molecule has 3 fully saturated rings. The monoisotopic (exact) mass is 1760 g/mol. The Bertz CT molecular complexity index is 5360. The van der Waals surface area contributed by atoms with Gasteiger partial charge in [-0.05, 0) is 217 Å². The molecular weight excluding hydrogens is 1640 g/mol. The third-order valence-electron chi connectivity index (χ3n) is 24.4. The predicted octanol–water partition coefficient (Wildman–Crippen LogP) is 14.0. The van der Waals surface area contributed by atoms with Gasteiger partial charge in [0.2, 0.25) is 35.4 Å². The number of carbonyl (C=O) groups is 9. The molecule has 4 aliphatic rings. The van der Waals surface area contributed by atoms with Crippen LogP contribution < -0.4 is 30.7 Å². The number of rotatable bonds is 27. The highest BCUT2D eigenvalue weighted by molar-refractivity contribution is 6.08. The molecule has 10 unspecified atom stereocenters. The molecule has 9 aromatic rings. The summed E-state index contributed by atoms with van der Waals surface area (Å²) < 4.78 is 0. The number of nitrogens with zero attached hydrogens (tertiary/aromatic N) is 9. The number of amides is 9. The summed E-state index contributed by atoms with van der Waals surface area (Å²) in [5.74, 6) is -3.31. The Morgan fingerprint density at radius 2 is 0.754 bits per heavy atom. The lowest BCUT2D eigenvalue weighted by Gasteiger charge is -2.40. The van der Waals surface area contributed by atoms with Crippen molar-refractivity contribution >= 4 is 70.2 Å². The first kappa shape index (κ1) is 97.5. The van der Waals surface area contributed by atoms with Crippen LogP contribution in [0.2, 0.25) is 0 Å². The number of aliphatic hydroxyl groups is 3. The largest absolute Gasteiger partial charge is 0.508 e. The van der Waals surface area contributed by atoms with Gasteiger partial charge in [0.05, 0.1) is 37.4 Å². The minimum atomic E-state index is -1.15. The van der Waals surface area contributed by atoms with Crippen LogP contribution in [0.25, 0.3) is 0 Å². The second-order valence-corrected chi connectivity index (χ2v) is 36.6. The molecular formula is C105H124N12O13. The van der Waals surface area contributed by atoms with Crippen molar-refractivity contribution in [3.63, 3.8) is 0 Å². The standard InChI is InChI=1S/C35H42N4O5.C35H40N4O4.C35H42N4O4/c1-5-31(42)38-20-7-6-10-30(38)34(44)39(28-15-13-26(14-16-28)35(2,3)4)32(25-9-8-19-36-22-25)33(43)37-27(23-40)21-24-11-17-29(41)18-12-24;1-5-30(40)38-20-9-8-14-29(38)34(43)39(26-17-15-25(16-18-26)35(2,3)4)31(24-12-10-19-36-22-24)33(42)37-28-21-23-11-6-7-13-27(23)32(28)41;1-5-31(41)38-21-10-9-15-30(38)34(43)39(29-18-16-27(17-19-29)35(2,3)4)32(26-14-11-20-36-23-26)33(42)37-28(24-40)22-25-12-7-6-8-13-25/h5,8-9,11-19,22,27,30,32,40-41H,1,6-7,10,20-21,23H2,2-4H3,(H,37,43);5-7,10-13,15-19,22,28-29,31-32,41H,1,8-9,14,20-21H2,2-4H3,(H,37,42);5-8,11-14,16-20,23,28,30,32,40H,1,9-10,15,21-22,24H2,2-4H3,(H,37,42). The van der Waals surface area contributed by atoms with E-state index in [4.69, 9.17) is 0 Å². The number of pyridine rings is 3. The number of nitrogens with one attached hydrogen (secondary N) is 3. The molecule has 0 radical (unpaired) electrons. The number of fused-ring (bicyclic) bond motifs is 1. The van der Waals surface area contributed by atoms with E-state index >= 15 is 0 Å². The van der Waals surface area contributed by atoms with E-state index in [0.717, 1.165) is 77.5 Å². The summed E-state index contributed by atoms with van der Waals surface area (Å²) in [7, 11) is 0. The Kier molecular flexibility index (Phi) is 33.6. The summed E-state index contributed by atoms with van der Waals surface area (Å²) >= 11 is 0. The van der Waals surface area contributed by atoms with Crippen molar-refractivity contribution in [1.29, 1.82) is 0 Å². The number of aromatic hydroxyl groups is 1. The maximum absolute atomic E-state index is 14.7. The number of aromatic nitrogens is 3. The zero-order valence-corrected chi connectivity index (χ0v) is 76.0. The van der Waals surface area contributed by atoms with Crippen molar-refractivity contribution in [2.24, 2.45) is 0 Å². The highest BCUT2D eigenvalue weighted by atomic mass is 16.3. The van der Waals surface area contributed by atoms with Gasteiger partial charge in [-0.15, -0.1) is 0 Å². The first-order valence-electron chi connectivity index (χ1n) is 44.8. The third-order valence-corrected chi connectivity index (χ3v) is 24.4. The lowest BCUT2D eigenvalue weighted by molar-refractivity contribution is -0.138. The molecule has 0 spiro atoms. The van der Waals surface area contributed by atoms with E-state index in [9.17, 15) is 63.6 Å². The van der Waals surface area contributed by atoms with Crippen LogP contribution in [0.5, 0.6) is 5.75 Å². The van der Waals surface area contributed by atoms with Gasteiger partial charge in [-0.3, -0.25) is 72.8 Å². The second-order valence-electron chi connectivity index (χ2n) is 36.6. The van der Waals surface area contributed by atoms with Crippen LogP contribution in [0.4, 0.5) is 17.1 Å². The summed E-state index contributed by atoms with van der Waals surface area (Å²) in [6.07, 6.45) is 19.6. The van der Waals surface area contributed by atoms with Gasteiger partial charge in [0, 0.05) is 90.6 Å². The molecule has 3 aliphatic heterocycles. The van der Waals surface area contributed by atoms with Crippen molar-refractivity contribution in [1.82, 2.24) is 45.6 Å². The van der Waals surface area contributed by atoms with Crippen molar-refractivity contribution in [3.8, 4) is 5.75 Å². The maximum Gasteiger partial charge on any atom is 0.250 e. The highest BCUT2D eigenvalue weighted by Gasteiger charge is 2.46. The SMILES string of the molecule is C=CC(=O)N1CCCCC1C(=O)N(c1ccc(C(C)(C)C)cc1)C(C(=O)NC(CO)Cc1ccc(O)cc1)c1cccnc1.C=CC(=O)N1CCCCC1C(=O)N(c1ccc(C(C)(C)C)cc1)C(C(=O)NC(CO)Cc1ccccc1)c1cccnc1.C=CC(=O)N1CCCCC1C(=O)N(c1ccc(C(C)(C)C)cc1)C(C(=O)NC1Cc2ccccc2C1O)c1cccnc1. The van der Waals surface area contributed by atoms with Gasteiger partial charge in [-0.2, -0.15) is 0 Å². The average Bonchev–Trinajstić information content (AvgIpc) is 0.820. The fourth-order valence-corrected chi connectivity index (χ4v) is 17.3. The Balaban J connectivity index is 0.000000188. The Morgan fingerprint density at radius 1 is 0.423 bits per heavy atom. The summed E-state index contributed by atoms with van der Waals surface area (Å²) in [5.41, 5.74) is 9.49. The lowest BCUT2D eigenvalue weighted by Crippen LogP contribution is -2.56. The summed E-state index contributed by atoms with van der Waals surface area (Å²) in [4.78, 5) is 147. The highest BCUT2D eigenvalue weighted by Crippen LogP contribution is 2.40. The van der Waals surface area contributed by atoms with E-state index in [1.165, 1.54) is 37.8 Å². The number of anilines is 3. The normalized spacial score (nSPS) is 17.8. The first-order valence-corrected chi connectivity index (χ1v) is 44.8. The topological polar surface area (TPSA) is 329 Å². The van der Waals surface area contributed by atoms with E-state index in [1.54, 1.807) is 108 Å². The Hall–Kier alpha value is -13.1. The minimum absolute atomic E-state index is 0.113. The van der Waals surface area contributed by atoms with Crippen molar-refractivity contribution in [3.05, 3.63) is 319 Å². The number of carbonyl (C=O) groups excluding carboxylic acids is 9. The van der Waals surface area contributed by atoms with E-state index in [-0.39, 0.29) is 70.7 Å². The first-order chi connectivity index (χ1) is 62.3. The van der Waals surface area contributed by atoms with Crippen LogP contribution in [0, 0.1) is 0 Å². The summed E-state index contributed by atoms with van der Waals surface area (Å²) in [6, 6.07) is 49.6. The molecule has 25 heteroatoms. The maximum atomic E-state index is 14.7. The van der Waals surface area contributed by atoms with E-state index < -0.39 is 78.2 Å². The predicted molar refractivity (Wildman–Crippen MR) is 504 cm³/mol. The molecule has 130 heavy (non-hydrogen) atoms. The van der Waals surface area contributed by atoms with Crippen LogP contribution in [-0.4, -0.2) is 172 Å². The Morgan fingerprint density at radius 3 is 1.07 bits per heavy atom. The number of phenolic OH excluding ortho intramolecular Hbond substituents is 1. The molecule has 3 saturated heterocycles. The zero-order chi connectivity index (χ0) is 93.6. The van der Waals surface area contributed by atoms with Crippen LogP contribution in [0.15, 0.2) is 263 Å². The number of piperidine rings is 3. The van der Waals surface area contributed by atoms with Crippen LogP contribution >= 0.6 is 0 Å². The van der Waals surface area contributed by atoms with Gasteiger partial charge in [0.15, 0.2) is 0 Å². The molecule has 1 aliphatic carbocycles. The van der Waals surface area contributed by atoms with E-state index in [2.05, 4.69) is 113 Å². The molecule has 13 rings (SSSR count). The molecule has 6 heterocycles. The summed E-state index contributed by atoms with van der Waals surface area (Å²) in [6.45, 7) is 30.6. The summed E-state index contributed by atoms with van der Waals surface area (Å²) in [5, 5.41) is 50.2. The van der Waals surface area contributed by atoms with Crippen molar-refractivity contribution in [2.75, 3.05) is 47.5 Å². The van der Waals surface area contributed by atoms with Gasteiger partial charge < -0.3 is 51.1 Å². The van der Waals surface area contributed by atoms with Crippen molar-refractivity contribution in [2.45, 2.75) is 216 Å². The third kappa shape index (κ3) is 24.5. The molecule has 0 bridgehead atoms. The zero-order valence-electron chi connectivity index (χ0n) is 76.0. The van der Waals surface area contributed by atoms with Crippen LogP contribution in [0.1, 0.15) is 200 Å². The number of aliphatic hydroxyl groups excluding tert-OH is 3. The fourth-order valence-electron chi connectivity index (χ4n) is 17.3. The fraction of sp³-hybridized carbons (Fsp3) is 0.371. The van der Waals surface area contributed by atoms with Gasteiger partial charge in [-0.25, -0.2) is 0 Å². The average molecular weight is 1760 g/mol. The van der Waals surface area contributed by atoms with Gasteiger partial charge >= 0.3 is 0 Å². The molecule has 682 valence electrons. The molecule has 0 saturated carbocycles. The van der Waals surface area contributed by atoms with Gasteiger partial charge in [-0.1, -0.05) is 203 Å². The van der Waals surface area contributed by atoms with E-state index in [1.807, 2.05) is 127 Å². The molecule has 9 amide bonds. The quantitative estimate of drug-likeness (QED) is 0.0235.